The molecule has 1 heterocycles. The zero-order chi connectivity index (χ0) is 8.97. The van der Waals surface area contributed by atoms with Gasteiger partial charge in [0, 0.05) is 12.5 Å². The van der Waals surface area contributed by atoms with Gasteiger partial charge in [-0.2, -0.15) is 0 Å². The molecule has 1 aromatic heterocycles. The molecule has 66 valence electrons. The standard InChI is InChI=1S/C8H13N3O/c1-3-8(9)10-5-7-4-6(2)11-12-7/h4H,3,5H2,1-2H3,(H2,9,10). The van der Waals surface area contributed by atoms with Gasteiger partial charge in [-0.25, -0.2) is 0 Å². The summed E-state index contributed by atoms with van der Waals surface area (Å²) in [6.45, 7) is 4.32. The van der Waals surface area contributed by atoms with E-state index in [0.29, 0.717) is 12.4 Å². The Morgan fingerprint density at radius 1 is 1.75 bits per heavy atom. The van der Waals surface area contributed by atoms with Crippen molar-refractivity contribution in [3.8, 4) is 0 Å². The second-order valence-corrected chi connectivity index (χ2v) is 2.60. The van der Waals surface area contributed by atoms with Gasteiger partial charge in [-0.05, 0) is 6.92 Å². The van der Waals surface area contributed by atoms with E-state index in [2.05, 4.69) is 10.1 Å². The van der Waals surface area contributed by atoms with Crippen LogP contribution in [-0.2, 0) is 6.54 Å². The molecule has 0 spiro atoms. The zero-order valence-corrected chi connectivity index (χ0v) is 7.37. The molecule has 2 N–H and O–H groups in total. The van der Waals surface area contributed by atoms with Gasteiger partial charge in [0.15, 0.2) is 5.76 Å². The summed E-state index contributed by atoms with van der Waals surface area (Å²) in [5, 5.41) is 3.74. The largest absolute Gasteiger partial charge is 0.387 e. The van der Waals surface area contributed by atoms with Gasteiger partial charge < -0.3 is 10.3 Å². The number of nitrogens with zero attached hydrogens (tertiary/aromatic N) is 2. The van der Waals surface area contributed by atoms with Crippen LogP contribution in [0.1, 0.15) is 24.8 Å². The predicted octanol–water partition coefficient (Wildman–Crippen LogP) is 1.25. The Bertz CT molecular complexity index is 278. The molecule has 0 aliphatic rings. The van der Waals surface area contributed by atoms with Crippen LogP contribution in [0.3, 0.4) is 0 Å². The van der Waals surface area contributed by atoms with E-state index in [4.69, 9.17) is 10.3 Å². The number of hydrogen-bond donors (Lipinski definition) is 1. The second-order valence-electron chi connectivity index (χ2n) is 2.60. The van der Waals surface area contributed by atoms with Crippen molar-refractivity contribution in [2.24, 2.45) is 10.7 Å². The number of nitrogens with two attached hydrogens (primary N) is 1. The quantitative estimate of drug-likeness (QED) is 0.544. The van der Waals surface area contributed by atoms with Crippen LogP contribution in [0.4, 0.5) is 0 Å². The molecule has 1 rings (SSSR count). The van der Waals surface area contributed by atoms with Crippen LogP contribution in [0.2, 0.25) is 0 Å². The molecule has 0 aliphatic carbocycles. The van der Waals surface area contributed by atoms with Gasteiger partial charge in [0.2, 0.25) is 0 Å². The Labute approximate surface area is 71.5 Å². The number of rotatable bonds is 3. The molecule has 0 fully saturated rings. The molecule has 0 unspecified atom stereocenters. The van der Waals surface area contributed by atoms with Crippen LogP contribution >= 0.6 is 0 Å². The molecule has 0 amide bonds. The molecule has 0 atom stereocenters. The fourth-order valence-corrected chi connectivity index (χ4v) is 0.782. The molecule has 0 radical (unpaired) electrons. The van der Waals surface area contributed by atoms with Crippen molar-refractivity contribution >= 4 is 5.84 Å². The monoisotopic (exact) mass is 167 g/mol. The Hall–Kier alpha value is -1.32. The number of aromatic nitrogens is 1. The van der Waals surface area contributed by atoms with Crippen molar-refractivity contribution in [1.29, 1.82) is 0 Å². The highest BCUT2D eigenvalue weighted by Gasteiger charge is 1.98. The SMILES string of the molecule is CCC(N)=NCc1cc(C)no1. The highest BCUT2D eigenvalue weighted by molar-refractivity contribution is 5.79. The van der Waals surface area contributed by atoms with E-state index in [1.807, 2.05) is 19.9 Å². The maximum Gasteiger partial charge on any atom is 0.158 e. The van der Waals surface area contributed by atoms with Crippen LogP contribution in [0.5, 0.6) is 0 Å². The van der Waals surface area contributed by atoms with Gasteiger partial charge in [0.25, 0.3) is 0 Å². The van der Waals surface area contributed by atoms with Crippen LogP contribution in [0, 0.1) is 6.92 Å². The van der Waals surface area contributed by atoms with E-state index in [-0.39, 0.29) is 0 Å². The number of aliphatic imine (C=N–C) groups is 1. The first-order chi connectivity index (χ1) is 5.72. The van der Waals surface area contributed by atoms with Gasteiger partial charge in [-0.3, -0.25) is 4.99 Å². The lowest BCUT2D eigenvalue weighted by atomic mass is 10.4. The van der Waals surface area contributed by atoms with Crippen LogP contribution in [-0.4, -0.2) is 11.0 Å². The zero-order valence-electron chi connectivity index (χ0n) is 7.37. The first-order valence-corrected chi connectivity index (χ1v) is 3.93. The Morgan fingerprint density at radius 2 is 2.50 bits per heavy atom. The second kappa shape index (κ2) is 3.90. The lowest BCUT2D eigenvalue weighted by Crippen LogP contribution is -2.09. The first kappa shape index (κ1) is 8.77. The molecular weight excluding hydrogens is 154 g/mol. The Kier molecular flexibility index (Phi) is 2.85. The molecule has 0 saturated heterocycles. The summed E-state index contributed by atoms with van der Waals surface area (Å²) in [6, 6.07) is 1.85. The summed E-state index contributed by atoms with van der Waals surface area (Å²) in [4.78, 5) is 4.09. The van der Waals surface area contributed by atoms with E-state index < -0.39 is 0 Å². The van der Waals surface area contributed by atoms with Crippen LogP contribution in [0.15, 0.2) is 15.6 Å². The van der Waals surface area contributed by atoms with Crippen molar-refractivity contribution in [3.63, 3.8) is 0 Å². The van der Waals surface area contributed by atoms with E-state index >= 15 is 0 Å². The molecule has 4 heteroatoms. The highest BCUT2D eigenvalue weighted by atomic mass is 16.5. The lowest BCUT2D eigenvalue weighted by Gasteiger charge is -1.92. The van der Waals surface area contributed by atoms with E-state index in [0.717, 1.165) is 17.9 Å². The number of aryl methyl sites for hydroxylation is 1. The molecular formula is C8H13N3O. The predicted molar refractivity (Wildman–Crippen MR) is 46.9 cm³/mol. The molecule has 0 aromatic carbocycles. The summed E-state index contributed by atoms with van der Waals surface area (Å²) in [7, 11) is 0. The van der Waals surface area contributed by atoms with Crippen molar-refractivity contribution in [2.75, 3.05) is 0 Å². The smallest absolute Gasteiger partial charge is 0.158 e. The minimum atomic E-state index is 0.487. The average Bonchev–Trinajstić information content (AvgIpc) is 2.47. The van der Waals surface area contributed by atoms with Gasteiger partial charge in [-0.1, -0.05) is 12.1 Å². The van der Waals surface area contributed by atoms with Crippen LogP contribution in [0.25, 0.3) is 0 Å². The molecule has 0 bridgehead atoms. The third kappa shape index (κ3) is 2.38. The van der Waals surface area contributed by atoms with Crippen LogP contribution < -0.4 is 5.73 Å². The molecule has 12 heavy (non-hydrogen) atoms. The van der Waals surface area contributed by atoms with Crippen molar-refractivity contribution < 1.29 is 4.52 Å². The van der Waals surface area contributed by atoms with Gasteiger partial charge in [0.05, 0.1) is 11.5 Å². The average molecular weight is 167 g/mol. The Morgan fingerprint density at radius 3 is 3.00 bits per heavy atom. The van der Waals surface area contributed by atoms with Gasteiger partial charge in [-0.15, -0.1) is 0 Å². The Balaban J connectivity index is 2.53. The topological polar surface area (TPSA) is 64.4 Å². The summed E-state index contributed by atoms with van der Waals surface area (Å²) in [5.41, 5.74) is 6.39. The van der Waals surface area contributed by atoms with Crippen molar-refractivity contribution in [2.45, 2.75) is 26.8 Å². The fourth-order valence-electron chi connectivity index (χ4n) is 0.782. The summed E-state index contributed by atoms with van der Waals surface area (Å²) in [6.07, 6.45) is 0.771. The first-order valence-electron chi connectivity index (χ1n) is 3.93. The van der Waals surface area contributed by atoms with Gasteiger partial charge >= 0.3 is 0 Å². The highest BCUT2D eigenvalue weighted by Crippen LogP contribution is 2.03. The third-order valence-corrected chi connectivity index (χ3v) is 1.48. The summed E-state index contributed by atoms with van der Waals surface area (Å²) >= 11 is 0. The summed E-state index contributed by atoms with van der Waals surface area (Å²) < 4.78 is 4.95. The molecule has 1 aromatic rings. The lowest BCUT2D eigenvalue weighted by molar-refractivity contribution is 0.381. The van der Waals surface area contributed by atoms with E-state index in [1.54, 1.807) is 0 Å². The van der Waals surface area contributed by atoms with E-state index in [1.165, 1.54) is 0 Å². The normalized spacial score (nSPS) is 12.0. The van der Waals surface area contributed by atoms with E-state index in [9.17, 15) is 0 Å². The van der Waals surface area contributed by atoms with Crippen molar-refractivity contribution in [3.05, 3.63) is 17.5 Å². The molecule has 0 aliphatic heterocycles. The number of amidine groups is 1. The molecule has 0 saturated carbocycles. The van der Waals surface area contributed by atoms with Crippen molar-refractivity contribution in [1.82, 2.24) is 5.16 Å². The summed E-state index contributed by atoms with van der Waals surface area (Å²) in [5.74, 6) is 1.40. The molecule has 4 nitrogen and oxygen atoms in total. The third-order valence-electron chi connectivity index (χ3n) is 1.48. The minimum Gasteiger partial charge on any atom is -0.387 e. The maximum absolute atomic E-state index is 5.52. The van der Waals surface area contributed by atoms with Gasteiger partial charge in [0.1, 0.15) is 6.54 Å². The fraction of sp³-hybridized carbons (Fsp3) is 0.500. The number of hydrogen-bond acceptors (Lipinski definition) is 3. The maximum atomic E-state index is 5.52. The minimum absolute atomic E-state index is 0.487.